The molecular weight excluding hydrogens is 414 g/mol. The quantitative estimate of drug-likeness (QED) is 0.380. The van der Waals surface area contributed by atoms with E-state index in [1.807, 2.05) is 30.3 Å². The van der Waals surface area contributed by atoms with E-state index in [0.29, 0.717) is 0 Å². The molecule has 0 bridgehead atoms. The summed E-state index contributed by atoms with van der Waals surface area (Å²) in [5, 5.41) is 0. The summed E-state index contributed by atoms with van der Waals surface area (Å²) in [6.07, 6.45) is -0.696. The van der Waals surface area contributed by atoms with Crippen molar-refractivity contribution < 1.29 is 33.3 Å². The molecule has 8 heteroatoms. The van der Waals surface area contributed by atoms with Gasteiger partial charge in [0.2, 0.25) is 0 Å². The second kappa shape index (κ2) is 9.48. The zero-order chi connectivity index (χ0) is 24.3. The summed E-state index contributed by atoms with van der Waals surface area (Å²) in [5.74, 6) is -2.95. The minimum atomic E-state index is -1.39. The fourth-order valence-electron chi connectivity index (χ4n) is 3.36. The third-order valence-electron chi connectivity index (χ3n) is 4.63. The van der Waals surface area contributed by atoms with Crippen LogP contribution in [-0.2, 0) is 35.1 Å². The third kappa shape index (κ3) is 6.95. The smallest absolute Gasteiger partial charge is 0.412 e. The van der Waals surface area contributed by atoms with Crippen LogP contribution < -0.4 is 0 Å². The van der Waals surface area contributed by atoms with Gasteiger partial charge in [-0.05, 0) is 61.0 Å². The summed E-state index contributed by atoms with van der Waals surface area (Å²) in [5.41, 5.74) is -1.94. The maximum Gasteiger partial charge on any atom is 0.412 e. The number of esters is 2. The molecule has 178 valence electrons. The lowest BCUT2D eigenvalue weighted by Crippen LogP contribution is -2.55. The fourth-order valence-corrected chi connectivity index (χ4v) is 3.36. The Labute approximate surface area is 190 Å². The van der Waals surface area contributed by atoms with Gasteiger partial charge in [0, 0.05) is 0 Å². The second-order valence-corrected chi connectivity index (χ2v) is 10.3. The standard InChI is InChI=1S/C24H35NO7/c1-22(2,3)31-19(26)18(20(27)32-23(4,5)6)17-15-30-24(7,8)25(17)21(28)29-14-16-12-10-9-11-13-16/h9-13,17-18H,14-15H2,1-8H3/t17-/m1/s1. The molecule has 0 unspecified atom stereocenters. The Kier molecular flexibility index (Phi) is 7.60. The molecule has 1 atom stereocenters. The van der Waals surface area contributed by atoms with Crippen LogP contribution in [0.5, 0.6) is 0 Å². The van der Waals surface area contributed by atoms with Gasteiger partial charge in [-0.1, -0.05) is 30.3 Å². The molecule has 1 aliphatic rings. The van der Waals surface area contributed by atoms with Crippen molar-refractivity contribution in [3.63, 3.8) is 0 Å². The number of hydrogen-bond donors (Lipinski definition) is 0. The van der Waals surface area contributed by atoms with Crippen LogP contribution in [0.4, 0.5) is 4.79 Å². The Bertz CT molecular complexity index is 793. The second-order valence-electron chi connectivity index (χ2n) is 10.3. The van der Waals surface area contributed by atoms with Crippen molar-refractivity contribution in [2.24, 2.45) is 5.92 Å². The Hall–Kier alpha value is -2.61. The van der Waals surface area contributed by atoms with Crippen molar-refractivity contribution in [1.82, 2.24) is 4.90 Å². The van der Waals surface area contributed by atoms with Crippen LogP contribution in [0.3, 0.4) is 0 Å². The van der Waals surface area contributed by atoms with E-state index in [9.17, 15) is 14.4 Å². The van der Waals surface area contributed by atoms with Crippen LogP contribution in [0.25, 0.3) is 0 Å². The minimum Gasteiger partial charge on any atom is -0.459 e. The molecule has 1 fully saturated rings. The van der Waals surface area contributed by atoms with Gasteiger partial charge in [0.15, 0.2) is 5.92 Å². The third-order valence-corrected chi connectivity index (χ3v) is 4.63. The largest absolute Gasteiger partial charge is 0.459 e. The highest BCUT2D eigenvalue weighted by Gasteiger charge is 2.54. The highest BCUT2D eigenvalue weighted by Crippen LogP contribution is 2.34. The van der Waals surface area contributed by atoms with Gasteiger partial charge in [-0.3, -0.25) is 14.5 Å². The normalized spacial score (nSPS) is 18.4. The molecule has 2 rings (SSSR count). The van der Waals surface area contributed by atoms with Gasteiger partial charge < -0.3 is 18.9 Å². The molecule has 1 aliphatic heterocycles. The molecule has 0 N–H and O–H groups in total. The van der Waals surface area contributed by atoms with Crippen LogP contribution in [0.1, 0.15) is 61.0 Å². The summed E-state index contributed by atoms with van der Waals surface area (Å²) >= 11 is 0. The van der Waals surface area contributed by atoms with Gasteiger partial charge in [0.1, 0.15) is 23.5 Å². The molecule has 0 aliphatic carbocycles. The first kappa shape index (κ1) is 25.6. The number of rotatable bonds is 5. The van der Waals surface area contributed by atoms with Gasteiger partial charge in [0.25, 0.3) is 0 Å². The number of benzene rings is 1. The number of ether oxygens (including phenoxy) is 4. The first-order valence-corrected chi connectivity index (χ1v) is 10.7. The molecule has 0 saturated carbocycles. The molecular formula is C24H35NO7. The van der Waals surface area contributed by atoms with E-state index in [1.165, 1.54) is 4.90 Å². The van der Waals surface area contributed by atoms with Crippen LogP contribution in [0.2, 0.25) is 0 Å². The lowest BCUT2D eigenvalue weighted by atomic mass is 9.98. The summed E-state index contributed by atoms with van der Waals surface area (Å²) in [4.78, 5) is 40.5. The van der Waals surface area contributed by atoms with Crippen molar-refractivity contribution in [2.45, 2.75) is 85.0 Å². The molecule has 1 amide bonds. The van der Waals surface area contributed by atoms with Gasteiger partial charge in [0.05, 0.1) is 12.6 Å². The number of carbonyl (C=O) groups is 3. The van der Waals surface area contributed by atoms with Gasteiger partial charge >= 0.3 is 18.0 Å². The fraction of sp³-hybridized carbons (Fsp3) is 0.625. The van der Waals surface area contributed by atoms with Gasteiger partial charge in [-0.2, -0.15) is 0 Å². The summed E-state index contributed by atoms with van der Waals surface area (Å²) in [6, 6.07) is 8.27. The van der Waals surface area contributed by atoms with E-state index in [1.54, 1.807) is 55.4 Å². The van der Waals surface area contributed by atoms with E-state index >= 15 is 0 Å². The minimum absolute atomic E-state index is 0.0442. The van der Waals surface area contributed by atoms with Crippen molar-refractivity contribution >= 4 is 18.0 Å². The monoisotopic (exact) mass is 449 g/mol. The molecule has 1 heterocycles. The number of hydrogen-bond acceptors (Lipinski definition) is 7. The highest BCUT2D eigenvalue weighted by atomic mass is 16.6. The highest BCUT2D eigenvalue weighted by molar-refractivity contribution is 5.96. The van der Waals surface area contributed by atoms with Crippen LogP contribution in [-0.4, -0.2) is 52.5 Å². The Morgan fingerprint density at radius 3 is 1.97 bits per heavy atom. The zero-order valence-electron chi connectivity index (χ0n) is 20.3. The molecule has 32 heavy (non-hydrogen) atoms. The Morgan fingerprint density at radius 2 is 1.50 bits per heavy atom. The molecule has 8 nitrogen and oxygen atoms in total. The summed E-state index contributed by atoms with van der Waals surface area (Å²) in [6.45, 7) is 13.6. The van der Waals surface area contributed by atoms with Crippen molar-refractivity contribution in [1.29, 1.82) is 0 Å². The average Bonchev–Trinajstić information content (AvgIpc) is 2.92. The van der Waals surface area contributed by atoms with E-state index < -0.39 is 46.9 Å². The van der Waals surface area contributed by atoms with Crippen molar-refractivity contribution in [2.75, 3.05) is 6.61 Å². The first-order valence-electron chi connectivity index (χ1n) is 10.7. The molecule has 1 saturated heterocycles. The molecule has 1 aromatic rings. The first-order chi connectivity index (χ1) is 14.6. The topological polar surface area (TPSA) is 91.4 Å². The van der Waals surface area contributed by atoms with Crippen LogP contribution >= 0.6 is 0 Å². The maximum atomic E-state index is 13.1. The lowest BCUT2D eigenvalue weighted by molar-refractivity contribution is -0.177. The number of nitrogens with zero attached hydrogens (tertiary/aromatic N) is 1. The molecule has 0 radical (unpaired) electrons. The lowest BCUT2D eigenvalue weighted by Gasteiger charge is -2.36. The number of carbonyl (C=O) groups excluding carboxylic acids is 3. The maximum absolute atomic E-state index is 13.1. The van der Waals surface area contributed by atoms with Crippen LogP contribution in [0.15, 0.2) is 30.3 Å². The van der Waals surface area contributed by atoms with E-state index in [2.05, 4.69) is 0 Å². The Balaban J connectivity index is 2.32. The van der Waals surface area contributed by atoms with Crippen LogP contribution in [0, 0.1) is 5.92 Å². The van der Waals surface area contributed by atoms with Crippen molar-refractivity contribution in [3.8, 4) is 0 Å². The van der Waals surface area contributed by atoms with Gasteiger partial charge in [-0.15, -0.1) is 0 Å². The van der Waals surface area contributed by atoms with Gasteiger partial charge in [-0.25, -0.2) is 4.79 Å². The van der Waals surface area contributed by atoms with E-state index in [-0.39, 0.29) is 13.2 Å². The predicted molar refractivity (Wildman–Crippen MR) is 117 cm³/mol. The van der Waals surface area contributed by atoms with E-state index in [4.69, 9.17) is 18.9 Å². The average molecular weight is 450 g/mol. The summed E-state index contributed by atoms with van der Waals surface area (Å²) in [7, 11) is 0. The predicted octanol–water partition coefficient (Wildman–Crippen LogP) is 4.06. The SMILES string of the molecule is CC(C)(C)OC(=O)C(C(=O)OC(C)(C)C)[C@H]1COC(C)(C)N1C(=O)OCc1ccccc1. The van der Waals surface area contributed by atoms with Crippen molar-refractivity contribution in [3.05, 3.63) is 35.9 Å². The zero-order valence-corrected chi connectivity index (χ0v) is 20.3. The molecule has 0 aromatic heterocycles. The van der Waals surface area contributed by atoms with E-state index in [0.717, 1.165) is 5.56 Å². The number of amides is 1. The molecule has 0 spiro atoms. The molecule has 1 aromatic carbocycles. The Morgan fingerprint density at radius 1 is 1.00 bits per heavy atom. The summed E-state index contributed by atoms with van der Waals surface area (Å²) < 4.78 is 22.3.